The lowest BCUT2D eigenvalue weighted by Crippen LogP contribution is -2.14. The number of aromatic amines is 1. The van der Waals surface area contributed by atoms with E-state index in [4.69, 9.17) is 0 Å². The Labute approximate surface area is 131 Å². The molecular weight excluding hydrogens is 322 g/mol. The van der Waals surface area contributed by atoms with Gasteiger partial charge in [0.25, 0.3) is 0 Å². The molecule has 8 heteroatoms. The van der Waals surface area contributed by atoms with E-state index >= 15 is 0 Å². The van der Waals surface area contributed by atoms with Gasteiger partial charge in [0.05, 0.1) is 21.5 Å². The van der Waals surface area contributed by atoms with Crippen LogP contribution in [0.1, 0.15) is 5.69 Å². The molecule has 0 aliphatic heterocycles. The lowest BCUT2D eigenvalue weighted by atomic mass is 10.3. The summed E-state index contributed by atoms with van der Waals surface area (Å²) in [6, 6.07) is 8.39. The van der Waals surface area contributed by atoms with E-state index in [0.717, 1.165) is 16.6 Å². The number of amides is 1. The minimum absolute atomic E-state index is 0.176. The second kappa shape index (κ2) is 5.54. The van der Waals surface area contributed by atoms with Crippen molar-refractivity contribution in [1.29, 1.82) is 0 Å². The molecule has 22 heavy (non-hydrogen) atoms. The van der Waals surface area contributed by atoms with E-state index in [1.807, 2.05) is 12.1 Å². The van der Waals surface area contributed by atoms with Crippen LogP contribution in [0.2, 0.25) is 0 Å². The first-order valence-electron chi connectivity index (χ1n) is 6.44. The molecule has 0 atom stereocenters. The van der Waals surface area contributed by atoms with Crippen LogP contribution in [0.25, 0.3) is 10.2 Å². The van der Waals surface area contributed by atoms with E-state index in [-0.39, 0.29) is 17.2 Å². The highest BCUT2D eigenvalue weighted by molar-refractivity contribution is 7.90. The fourth-order valence-electron chi connectivity index (χ4n) is 2.00. The number of hydrogen-bond acceptors (Lipinski definition) is 5. The van der Waals surface area contributed by atoms with Gasteiger partial charge in [-0.15, -0.1) is 0 Å². The molecule has 1 amide bonds. The maximum absolute atomic E-state index is 11.9. The van der Waals surface area contributed by atoms with Gasteiger partial charge in [-0.3, -0.25) is 4.79 Å². The highest BCUT2D eigenvalue weighted by Gasteiger charge is 2.12. The third-order valence-electron chi connectivity index (χ3n) is 3.05. The van der Waals surface area contributed by atoms with Gasteiger partial charge < -0.3 is 10.3 Å². The minimum Gasteiger partial charge on any atom is -0.365 e. The summed E-state index contributed by atoms with van der Waals surface area (Å²) >= 11 is 1.25. The maximum Gasteiger partial charge on any atom is 0.232 e. The Hall–Kier alpha value is -2.19. The predicted molar refractivity (Wildman–Crippen MR) is 85.9 cm³/mol. The number of thiazole rings is 1. The van der Waals surface area contributed by atoms with Gasteiger partial charge in [-0.25, -0.2) is 13.4 Å². The lowest BCUT2D eigenvalue weighted by Gasteiger charge is -1.99. The fourth-order valence-corrected chi connectivity index (χ4v) is 3.65. The summed E-state index contributed by atoms with van der Waals surface area (Å²) in [5.41, 5.74) is 1.48. The van der Waals surface area contributed by atoms with Gasteiger partial charge in [0, 0.05) is 18.1 Å². The zero-order valence-corrected chi connectivity index (χ0v) is 13.3. The molecule has 0 aliphatic rings. The standard InChI is InChI=1S/C14H13N3O3S2/c1-22(19,20)10-4-5-11-12(8-10)21-14(16-11)17-13(18)7-9-3-2-6-15-9/h2-6,8,15H,7H2,1H3,(H,16,17,18). The summed E-state index contributed by atoms with van der Waals surface area (Å²) in [6.45, 7) is 0. The first kappa shape index (κ1) is 14.7. The van der Waals surface area contributed by atoms with Crippen molar-refractivity contribution >= 4 is 42.4 Å². The van der Waals surface area contributed by atoms with Crippen molar-refractivity contribution in [3.8, 4) is 0 Å². The number of anilines is 1. The van der Waals surface area contributed by atoms with Gasteiger partial charge in [0.1, 0.15) is 0 Å². The van der Waals surface area contributed by atoms with E-state index in [2.05, 4.69) is 15.3 Å². The van der Waals surface area contributed by atoms with Crippen LogP contribution in [-0.2, 0) is 21.1 Å². The summed E-state index contributed by atoms with van der Waals surface area (Å²) < 4.78 is 23.8. The second-order valence-electron chi connectivity index (χ2n) is 4.84. The molecule has 2 N–H and O–H groups in total. The summed E-state index contributed by atoms with van der Waals surface area (Å²) in [6.07, 6.45) is 3.15. The summed E-state index contributed by atoms with van der Waals surface area (Å²) in [5, 5.41) is 3.18. The van der Waals surface area contributed by atoms with Gasteiger partial charge in [-0.2, -0.15) is 0 Å². The molecule has 3 aromatic rings. The number of aromatic nitrogens is 2. The Bertz CT molecular complexity index is 928. The van der Waals surface area contributed by atoms with E-state index in [0.29, 0.717) is 10.6 Å². The molecule has 0 fully saturated rings. The Morgan fingerprint density at radius 2 is 2.18 bits per heavy atom. The molecular formula is C14H13N3O3S2. The zero-order valence-electron chi connectivity index (χ0n) is 11.7. The van der Waals surface area contributed by atoms with Gasteiger partial charge in [0.15, 0.2) is 15.0 Å². The summed E-state index contributed by atoms with van der Waals surface area (Å²) in [5.74, 6) is -0.176. The number of fused-ring (bicyclic) bond motifs is 1. The quantitative estimate of drug-likeness (QED) is 0.764. The molecule has 2 aromatic heterocycles. The first-order chi connectivity index (χ1) is 10.4. The third kappa shape index (κ3) is 3.18. The molecule has 0 aliphatic carbocycles. The van der Waals surface area contributed by atoms with Crippen LogP contribution in [-0.4, -0.2) is 30.5 Å². The van der Waals surface area contributed by atoms with E-state index in [1.54, 1.807) is 18.3 Å². The number of carbonyl (C=O) groups excluding carboxylic acids is 1. The third-order valence-corrected chi connectivity index (χ3v) is 5.09. The largest absolute Gasteiger partial charge is 0.365 e. The van der Waals surface area contributed by atoms with Crippen LogP contribution in [0.4, 0.5) is 5.13 Å². The highest BCUT2D eigenvalue weighted by atomic mass is 32.2. The SMILES string of the molecule is CS(=O)(=O)c1ccc2nc(NC(=O)Cc3ccc[nH]3)sc2c1. The Morgan fingerprint density at radius 1 is 1.36 bits per heavy atom. The number of rotatable bonds is 4. The van der Waals surface area contributed by atoms with Crippen LogP contribution in [0, 0.1) is 0 Å². The number of nitrogens with one attached hydrogen (secondary N) is 2. The van der Waals surface area contributed by atoms with Crippen LogP contribution < -0.4 is 5.32 Å². The van der Waals surface area contributed by atoms with Crippen LogP contribution in [0.5, 0.6) is 0 Å². The molecule has 0 saturated heterocycles. The van der Waals surface area contributed by atoms with Crippen molar-refractivity contribution in [3.63, 3.8) is 0 Å². The summed E-state index contributed by atoms with van der Waals surface area (Å²) in [4.78, 5) is 19.4. The number of benzene rings is 1. The van der Waals surface area contributed by atoms with E-state index < -0.39 is 9.84 Å². The Morgan fingerprint density at radius 3 is 2.86 bits per heavy atom. The van der Waals surface area contributed by atoms with E-state index in [9.17, 15) is 13.2 Å². The molecule has 2 heterocycles. The number of nitrogens with zero attached hydrogens (tertiary/aromatic N) is 1. The number of hydrogen-bond donors (Lipinski definition) is 2. The van der Waals surface area contributed by atoms with Crippen LogP contribution in [0.15, 0.2) is 41.4 Å². The maximum atomic E-state index is 11.9. The van der Waals surface area contributed by atoms with Crippen LogP contribution in [0.3, 0.4) is 0 Å². The molecule has 3 rings (SSSR count). The van der Waals surface area contributed by atoms with Crippen molar-refractivity contribution < 1.29 is 13.2 Å². The topological polar surface area (TPSA) is 91.9 Å². The average molecular weight is 335 g/mol. The molecule has 0 bridgehead atoms. The fraction of sp³-hybridized carbons (Fsp3) is 0.143. The van der Waals surface area contributed by atoms with Crippen LogP contribution >= 0.6 is 11.3 Å². The molecule has 0 spiro atoms. The summed E-state index contributed by atoms with van der Waals surface area (Å²) in [7, 11) is -3.25. The van der Waals surface area contributed by atoms with Crippen molar-refractivity contribution in [2.24, 2.45) is 0 Å². The van der Waals surface area contributed by atoms with Gasteiger partial charge in [0.2, 0.25) is 5.91 Å². The smallest absolute Gasteiger partial charge is 0.232 e. The van der Waals surface area contributed by atoms with Crippen molar-refractivity contribution in [3.05, 3.63) is 42.2 Å². The normalized spacial score (nSPS) is 11.7. The van der Waals surface area contributed by atoms with Crippen molar-refractivity contribution in [1.82, 2.24) is 9.97 Å². The van der Waals surface area contributed by atoms with Gasteiger partial charge in [-0.05, 0) is 30.3 Å². The molecule has 114 valence electrons. The van der Waals surface area contributed by atoms with Gasteiger partial charge >= 0.3 is 0 Å². The first-order valence-corrected chi connectivity index (χ1v) is 9.15. The molecule has 0 unspecified atom stereocenters. The zero-order chi connectivity index (χ0) is 15.7. The second-order valence-corrected chi connectivity index (χ2v) is 7.89. The molecule has 0 saturated carbocycles. The number of carbonyl (C=O) groups is 1. The average Bonchev–Trinajstić information content (AvgIpc) is 3.04. The predicted octanol–water partition coefficient (Wildman–Crippen LogP) is 2.21. The van der Waals surface area contributed by atoms with Crippen molar-refractivity contribution in [2.45, 2.75) is 11.3 Å². The van der Waals surface area contributed by atoms with Crippen molar-refractivity contribution in [2.75, 3.05) is 11.6 Å². The minimum atomic E-state index is -3.25. The number of H-pyrrole nitrogens is 1. The van der Waals surface area contributed by atoms with E-state index in [1.165, 1.54) is 17.4 Å². The Balaban J connectivity index is 1.81. The monoisotopic (exact) mass is 335 g/mol. The lowest BCUT2D eigenvalue weighted by molar-refractivity contribution is -0.115. The molecule has 0 radical (unpaired) electrons. The molecule has 6 nitrogen and oxygen atoms in total. The number of sulfone groups is 1. The molecule has 1 aromatic carbocycles. The van der Waals surface area contributed by atoms with Gasteiger partial charge in [-0.1, -0.05) is 11.3 Å². The highest BCUT2D eigenvalue weighted by Crippen LogP contribution is 2.28. The Kier molecular flexibility index (Phi) is 3.71.